The average molecular weight is 484 g/mol. The number of benzene rings is 3. The average Bonchev–Trinajstić information content (AvgIpc) is 3.30. The zero-order chi connectivity index (χ0) is 24.4. The molecule has 2 atom stereocenters. The third-order valence-electron chi connectivity index (χ3n) is 6.00. The number of hydrogen-bond donors (Lipinski definition) is 2. The number of hydrogen-bond acceptors (Lipinski definition) is 4. The Kier molecular flexibility index (Phi) is 5.98. The van der Waals surface area contributed by atoms with Gasteiger partial charge in [-0.15, -0.1) is 0 Å². The van der Waals surface area contributed by atoms with E-state index in [1.165, 1.54) is 12.1 Å². The molecule has 7 heteroatoms. The zero-order valence-corrected chi connectivity index (χ0v) is 19.5. The Morgan fingerprint density at radius 2 is 1.74 bits per heavy atom. The van der Waals surface area contributed by atoms with Crippen LogP contribution in [0.3, 0.4) is 0 Å². The van der Waals surface area contributed by atoms with Crippen molar-refractivity contribution in [3.63, 3.8) is 0 Å². The van der Waals surface area contributed by atoms with Gasteiger partial charge in [-0.25, -0.2) is 13.0 Å². The molecule has 4 aromatic rings. The molecular formula is C28H22FN3O2S. The van der Waals surface area contributed by atoms with Crippen LogP contribution in [0, 0.1) is 17.9 Å². The molecular weight excluding hydrogens is 461 g/mol. The van der Waals surface area contributed by atoms with Crippen LogP contribution >= 0.6 is 0 Å². The Hall–Kier alpha value is -4.15. The number of nitrogens with zero attached hydrogens (tertiary/aromatic N) is 1. The fourth-order valence-electron chi connectivity index (χ4n) is 4.05. The summed E-state index contributed by atoms with van der Waals surface area (Å²) in [6.07, 6.45) is 0.697. The van der Waals surface area contributed by atoms with Gasteiger partial charge in [-0.3, -0.25) is 4.79 Å². The van der Waals surface area contributed by atoms with Crippen LogP contribution in [0.15, 0.2) is 94.2 Å². The van der Waals surface area contributed by atoms with Crippen LogP contribution in [0.5, 0.6) is 0 Å². The SMILES string of the molecule is Nc1ccc(-c2ccc(F)cc2)cc1NC(=O)c1ccc(S2(=O)=N[C@H](c3cc#ccc3)CC2)cc1. The summed E-state index contributed by atoms with van der Waals surface area (Å²) < 4.78 is 31.3. The Morgan fingerprint density at radius 1 is 1.00 bits per heavy atom. The minimum atomic E-state index is -2.55. The number of carbonyl (C=O) groups is 1. The van der Waals surface area contributed by atoms with E-state index in [2.05, 4.69) is 21.8 Å². The van der Waals surface area contributed by atoms with Gasteiger partial charge in [-0.1, -0.05) is 30.3 Å². The first-order chi connectivity index (χ1) is 16.9. The monoisotopic (exact) mass is 483 g/mol. The quantitative estimate of drug-likeness (QED) is 0.347. The summed E-state index contributed by atoms with van der Waals surface area (Å²) in [5.74, 6) is -0.193. The lowest BCUT2D eigenvalue weighted by Crippen LogP contribution is -2.13. The van der Waals surface area contributed by atoms with E-state index in [9.17, 15) is 13.4 Å². The molecule has 0 spiro atoms. The molecule has 1 aliphatic rings. The number of nitrogen functional groups attached to an aromatic ring is 1. The molecule has 4 aromatic carbocycles. The predicted octanol–water partition coefficient (Wildman–Crippen LogP) is 5.90. The highest BCUT2D eigenvalue weighted by Crippen LogP contribution is 2.33. The molecule has 0 fully saturated rings. The molecule has 1 aliphatic heterocycles. The summed E-state index contributed by atoms with van der Waals surface area (Å²) >= 11 is 0. The highest BCUT2D eigenvalue weighted by molar-refractivity contribution is 7.93. The molecule has 1 unspecified atom stereocenters. The lowest BCUT2D eigenvalue weighted by molar-refractivity contribution is 0.102. The summed E-state index contributed by atoms with van der Waals surface area (Å²) in [4.78, 5) is 13.5. The van der Waals surface area contributed by atoms with E-state index < -0.39 is 9.73 Å². The number of halogens is 1. The molecule has 1 amide bonds. The van der Waals surface area contributed by atoms with E-state index in [0.717, 1.165) is 16.7 Å². The minimum Gasteiger partial charge on any atom is -0.397 e. The van der Waals surface area contributed by atoms with Crippen molar-refractivity contribution in [2.24, 2.45) is 4.36 Å². The topological polar surface area (TPSA) is 84.5 Å². The molecule has 0 aromatic heterocycles. The van der Waals surface area contributed by atoms with Gasteiger partial charge in [0.1, 0.15) is 5.82 Å². The number of rotatable bonds is 5. The summed E-state index contributed by atoms with van der Waals surface area (Å²) in [5, 5.41) is 2.84. The highest BCUT2D eigenvalue weighted by atomic mass is 32.2. The number of nitrogens with two attached hydrogens (primary N) is 1. The smallest absolute Gasteiger partial charge is 0.255 e. The van der Waals surface area contributed by atoms with Crippen molar-refractivity contribution in [2.75, 3.05) is 16.8 Å². The first kappa shape index (κ1) is 22.6. The lowest BCUT2D eigenvalue weighted by Gasteiger charge is -2.11. The molecule has 5 nitrogen and oxygen atoms in total. The van der Waals surface area contributed by atoms with E-state index in [1.807, 2.05) is 18.2 Å². The van der Waals surface area contributed by atoms with Crippen LogP contribution in [0.25, 0.3) is 11.1 Å². The molecule has 0 bridgehead atoms. The van der Waals surface area contributed by atoms with Gasteiger partial charge in [-0.2, -0.15) is 0 Å². The first-order valence-electron chi connectivity index (χ1n) is 11.1. The molecule has 3 N–H and O–H groups in total. The summed E-state index contributed by atoms with van der Waals surface area (Å²) in [6, 6.07) is 29.2. The van der Waals surface area contributed by atoms with E-state index in [1.54, 1.807) is 54.6 Å². The van der Waals surface area contributed by atoms with Gasteiger partial charge in [0, 0.05) is 16.2 Å². The number of nitrogens with one attached hydrogen (secondary N) is 1. The summed E-state index contributed by atoms with van der Waals surface area (Å²) in [7, 11) is -2.55. The summed E-state index contributed by atoms with van der Waals surface area (Å²) in [6.45, 7) is 0. The van der Waals surface area contributed by atoms with E-state index in [0.29, 0.717) is 34.0 Å². The molecule has 5 rings (SSSR count). The van der Waals surface area contributed by atoms with Crippen LogP contribution in [0.1, 0.15) is 28.4 Å². The molecule has 0 saturated carbocycles. The lowest BCUT2D eigenvalue weighted by atomic mass is 10.0. The highest BCUT2D eigenvalue weighted by Gasteiger charge is 2.26. The van der Waals surface area contributed by atoms with Gasteiger partial charge < -0.3 is 11.1 Å². The Labute approximate surface area is 204 Å². The van der Waals surface area contributed by atoms with Crippen molar-refractivity contribution < 1.29 is 13.4 Å². The maximum Gasteiger partial charge on any atom is 0.255 e. The molecule has 0 aliphatic carbocycles. The molecule has 174 valence electrons. The van der Waals surface area contributed by atoms with E-state index >= 15 is 0 Å². The van der Waals surface area contributed by atoms with E-state index in [4.69, 9.17) is 5.73 Å². The van der Waals surface area contributed by atoms with Crippen LogP contribution in [-0.2, 0) is 9.73 Å². The molecule has 1 heterocycles. The predicted molar refractivity (Wildman–Crippen MR) is 136 cm³/mol. The fraction of sp³-hybridized carbons (Fsp3) is 0.107. The summed E-state index contributed by atoms with van der Waals surface area (Å²) in [5.41, 5.74) is 9.93. The fourth-order valence-corrected chi connectivity index (χ4v) is 6.26. The Balaban J connectivity index is 1.34. The maximum absolute atomic E-state index is 13.5. The zero-order valence-electron chi connectivity index (χ0n) is 18.7. The van der Waals surface area contributed by atoms with Gasteiger partial charge in [0.2, 0.25) is 0 Å². The molecule has 0 radical (unpaired) electrons. The van der Waals surface area contributed by atoms with Crippen LogP contribution in [0.4, 0.5) is 15.8 Å². The van der Waals surface area contributed by atoms with Crippen LogP contribution < -0.4 is 11.1 Å². The van der Waals surface area contributed by atoms with E-state index in [-0.39, 0.29) is 17.8 Å². The Bertz CT molecular complexity index is 1490. The van der Waals surface area contributed by atoms with Crippen molar-refractivity contribution in [1.82, 2.24) is 0 Å². The van der Waals surface area contributed by atoms with Crippen LogP contribution in [0.2, 0.25) is 0 Å². The third kappa shape index (κ3) is 4.75. The van der Waals surface area contributed by atoms with Crippen LogP contribution in [-0.4, -0.2) is 15.9 Å². The standard InChI is InChI=1S/C28H22FN3O2S/c29-23-11-6-19(7-12-23)22-10-15-25(30)27(18-22)31-28(33)21-8-13-24(14-9-21)35(34)17-16-26(32-35)20-4-2-1-3-5-20/h2,4-15,18,26H,16-17,30H2,(H,31,33)/t26-,35?/m0/s1. The maximum atomic E-state index is 13.5. The van der Waals surface area contributed by atoms with Gasteiger partial charge in [-0.05, 0) is 89.8 Å². The van der Waals surface area contributed by atoms with Gasteiger partial charge in [0.05, 0.1) is 27.1 Å². The number of carbonyl (C=O) groups excluding carboxylic acids is 1. The molecule has 35 heavy (non-hydrogen) atoms. The molecule has 0 saturated heterocycles. The second kappa shape index (κ2) is 9.24. The number of anilines is 2. The van der Waals surface area contributed by atoms with Crippen molar-refractivity contribution in [2.45, 2.75) is 17.4 Å². The van der Waals surface area contributed by atoms with Gasteiger partial charge in [0.25, 0.3) is 5.91 Å². The number of amides is 1. The van der Waals surface area contributed by atoms with Crippen molar-refractivity contribution in [3.8, 4) is 11.1 Å². The van der Waals surface area contributed by atoms with Crippen molar-refractivity contribution in [1.29, 1.82) is 0 Å². The van der Waals surface area contributed by atoms with Gasteiger partial charge in [0.15, 0.2) is 0 Å². The largest absolute Gasteiger partial charge is 0.397 e. The normalized spacial score (nSPS) is 18.9. The second-order valence-electron chi connectivity index (χ2n) is 8.31. The van der Waals surface area contributed by atoms with Crippen molar-refractivity contribution >= 4 is 27.0 Å². The Morgan fingerprint density at radius 3 is 2.46 bits per heavy atom. The third-order valence-corrected chi connectivity index (χ3v) is 8.39. The second-order valence-corrected chi connectivity index (χ2v) is 10.7. The van der Waals surface area contributed by atoms with Gasteiger partial charge >= 0.3 is 0 Å². The van der Waals surface area contributed by atoms with Crippen molar-refractivity contribution in [3.05, 3.63) is 114 Å². The first-order valence-corrected chi connectivity index (χ1v) is 12.8. The minimum absolute atomic E-state index is 0.132.